The third-order valence-corrected chi connectivity index (χ3v) is 5.68. The maximum absolute atomic E-state index is 12.5. The molecule has 1 saturated heterocycles. The van der Waals surface area contributed by atoms with Crippen LogP contribution in [0.15, 0.2) is 23.1 Å². The molecule has 1 aliphatic rings. The Labute approximate surface area is 128 Å². The highest BCUT2D eigenvalue weighted by Crippen LogP contribution is 2.26. The molecule has 110 valence electrons. The van der Waals surface area contributed by atoms with E-state index in [1.165, 1.54) is 22.5 Å². The maximum atomic E-state index is 12.5. The van der Waals surface area contributed by atoms with Gasteiger partial charge in [0.25, 0.3) is 0 Å². The van der Waals surface area contributed by atoms with Crippen molar-refractivity contribution in [3.05, 3.63) is 28.8 Å². The molecule has 0 aromatic heterocycles. The SMILES string of the molecule is COC1CCN(S(=O)(=O)c2ccc(C(N)=S)c(Cl)c2)C1. The number of benzene rings is 1. The second-order valence-electron chi connectivity index (χ2n) is 4.52. The fourth-order valence-corrected chi connectivity index (χ4v) is 4.21. The number of hydrogen-bond donors (Lipinski definition) is 1. The van der Waals surface area contributed by atoms with Crippen molar-refractivity contribution in [3.8, 4) is 0 Å². The molecule has 1 atom stereocenters. The van der Waals surface area contributed by atoms with Gasteiger partial charge in [-0.05, 0) is 24.6 Å². The first-order valence-electron chi connectivity index (χ1n) is 5.98. The van der Waals surface area contributed by atoms with E-state index in [-0.39, 0.29) is 21.0 Å². The minimum Gasteiger partial charge on any atom is -0.389 e. The topological polar surface area (TPSA) is 72.6 Å². The third-order valence-electron chi connectivity index (χ3n) is 3.28. The van der Waals surface area contributed by atoms with Gasteiger partial charge >= 0.3 is 0 Å². The second-order valence-corrected chi connectivity index (χ2v) is 7.30. The molecule has 0 radical (unpaired) electrons. The van der Waals surface area contributed by atoms with Crippen LogP contribution in [0.1, 0.15) is 12.0 Å². The molecule has 1 aromatic carbocycles. The van der Waals surface area contributed by atoms with Crippen molar-refractivity contribution in [2.45, 2.75) is 17.4 Å². The molecule has 8 heteroatoms. The van der Waals surface area contributed by atoms with Gasteiger partial charge in [-0.15, -0.1) is 0 Å². The average Bonchev–Trinajstić information content (AvgIpc) is 2.87. The van der Waals surface area contributed by atoms with E-state index in [0.717, 1.165) is 0 Å². The molecule has 1 heterocycles. The number of nitrogens with two attached hydrogens (primary N) is 1. The zero-order chi connectivity index (χ0) is 14.9. The van der Waals surface area contributed by atoms with Gasteiger partial charge in [-0.2, -0.15) is 4.31 Å². The van der Waals surface area contributed by atoms with E-state index in [9.17, 15) is 8.42 Å². The molecule has 0 bridgehead atoms. The number of ether oxygens (including phenoxy) is 1. The van der Waals surface area contributed by atoms with Crippen LogP contribution in [0.2, 0.25) is 5.02 Å². The largest absolute Gasteiger partial charge is 0.389 e. The predicted octanol–water partition coefficient (Wildman–Crippen LogP) is 1.38. The molecule has 2 rings (SSSR count). The van der Waals surface area contributed by atoms with Gasteiger partial charge in [-0.1, -0.05) is 23.8 Å². The van der Waals surface area contributed by atoms with E-state index in [4.69, 9.17) is 34.3 Å². The number of methoxy groups -OCH3 is 1. The highest BCUT2D eigenvalue weighted by atomic mass is 35.5. The molecule has 1 aromatic rings. The summed E-state index contributed by atoms with van der Waals surface area (Å²) in [5.74, 6) is 0. The maximum Gasteiger partial charge on any atom is 0.243 e. The van der Waals surface area contributed by atoms with Crippen molar-refractivity contribution in [2.24, 2.45) is 5.73 Å². The van der Waals surface area contributed by atoms with Gasteiger partial charge in [0.2, 0.25) is 10.0 Å². The lowest BCUT2D eigenvalue weighted by Gasteiger charge is -2.17. The molecular formula is C12H15ClN2O3S2. The Bertz CT molecular complexity index is 634. The monoisotopic (exact) mass is 334 g/mol. The number of thiocarbonyl (C=S) groups is 1. The van der Waals surface area contributed by atoms with Crippen LogP contribution in [-0.4, -0.2) is 44.0 Å². The molecule has 0 aliphatic carbocycles. The van der Waals surface area contributed by atoms with E-state index in [2.05, 4.69) is 0 Å². The quantitative estimate of drug-likeness (QED) is 0.842. The molecule has 1 unspecified atom stereocenters. The predicted molar refractivity (Wildman–Crippen MR) is 81.5 cm³/mol. The summed E-state index contributed by atoms with van der Waals surface area (Å²) in [7, 11) is -1.98. The fourth-order valence-electron chi connectivity index (χ4n) is 2.11. The van der Waals surface area contributed by atoms with Crippen molar-refractivity contribution in [3.63, 3.8) is 0 Å². The highest BCUT2D eigenvalue weighted by molar-refractivity contribution is 7.89. The molecule has 0 amide bonds. The van der Waals surface area contributed by atoms with Gasteiger partial charge in [-0.3, -0.25) is 0 Å². The average molecular weight is 335 g/mol. The van der Waals surface area contributed by atoms with Crippen molar-refractivity contribution in [2.75, 3.05) is 20.2 Å². The molecular weight excluding hydrogens is 320 g/mol. The van der Waals surface area contributed by atoms with Crippen molar-refractivity contribution in [1.29, 1.82) is 0 Å². The minimum atomic E-state index is -3.56. The van der Waals surface area contributed by atoms with Crippen LogP contribution in [0.5, 0.6) is 0 Å². The lowest BCUT2D eigenvalue weighted by atomic mass is 10.2. The molecule has 5 nitrogen and oxygen atoms in total. The van der Waals surface area contributed by atoms with Crippen LogP contribution in [0, 0.1) is 0 Å². The number of nitrogens with zero attached hydrogens (tertiary/aromatic N) is 1. The normalized spacial score (nSPS) is 20.2. The Morgan fingerprint density at radius 2 is 2.25 bits per heavy atom. The Morgan fingerprint density at radius 1 is 1.55 bits per heavy atom. The minimum absolute atomic E-state index is 0.0591. The van der Waals surface area contributed by atoms with Crippen molar-refractivity contribution >= 4 is 38.8 Å². The van der Waals surface area contributed by atoms with Gasteiger partial charge in [0.15, 0.2) is 0 Å². The first-order chi connectivity index (χ1) is 9.36. The number of sulfonamides is 1. The summed E-state index contributed by atoms with van der Waals surface area (Å²) in [6, 6.07) is 4.38. The van der Waals surface area contributed by atoms with E-state index in [1.807, 2.05) is 0 Å². The van der Waals surface area contributed by atoms with Gasteiger partial charge in [0, 0.05) is 25.8 Å². The van der Waals surface area contributed by atoms with Crippen LogP contribution in [0.4, 0.5) is 0 Å². The van der Waals surface area contributed by atoms with E-state index in [1.54, 1.807) is 7.11 Å². The van der Waals surface area contributed by atoms with Crippen LogP contribution in [-0.2, 0) is 14.8 Å². The first-order valence-corrected chi connectivity index (χ1v) is 8.21. The molecule has 2 N–H and O–H groups in total. The number of hydrogen-bond acceptors (Lipinski definition) is 4. The van der Waals surface area contributed by atoms with Crippen LogP contribution >= 0.6 is 23.8 Å². The Hall–Kier alpha value is -0.730. The zero-order valence-corrected chi connectivity index (χ0v) is 13.3. The zero-order valence-electron chi connectivity index (χ0n) is 10.9. The summed E-state index contributed by atoms with van der Waals surface area (Å²) in [4.78, 5) is 0.277. The molecule has 0 saturated carbocycles. The van der Waals surface area contributed by atoms with Crippen molar-refractivity contribution < 1.29 is 13.2 Å². The lowest BCUT2D eigenvalue weighted by molar-refractivity contribution is 0.115. The summed E-state index contributed by atoms with van der Waals surface area (Å²) < 4.78 is 31.5. The number of rotatable bonds is 4. The van der Waals surface area contributed by atoms with Crippen LogP contribution in [0.3, 0.4) is 0 Å². The van der Waals surface area contributed by atoms with E-state index >= 15 is 0 Å². The second kappa shape index (κ2) is 5.95. The lowest BCUT2D eigenvalue weighted by Crippen LogP contribution is -2.30. The van der Waals surface area contributed by atoms with E-state index in [0.29, 0.717) is 25.1 Å². The molecule has 1 aliphatic heterocycles. The summed E-state index contributed by atoms with van der Waals surface area (Å²) in [6.07, 6.45) is 0.630. The highest BCUT2D eigenvalue weighted by Gasteiger charge is 2.32. The van der Waals surface area contributed by atoms with Gasteiger partial charge < -0.3 is 10.5 Å². The van der Waals surface area contributed by atoms with Gasteiger partial charge in [-0.25, -0.2) is 8.42 Å². The molecule has 0 spiro atoms. The van der Waals surface area contributed by atoms with Crippen molar-refractivity contribution in [1.82, 2.24) is 4.31 Å². The van der Waals surface area contributed by atoms with E-state index < -0.39 is 10.0 Å². The van der Waals surface area contributed by atoms with Gasteiger partial charge in [0.05, 0.1) is 16.0 Å². The Morgan fingerprint density at radius 3 is 2.75 bits per heavy atom. The first kappa shape index (κ1) is 15.7. The van der Waals surface area contributed by atoms with Crippen LogP contribution < -0.4 is 5.73 Å². The fraction of sp³-hybridized carbons (Fsp3) is 0.417. The molecule has 20 heavy (non-hydrogen) atoms. The third kappa shape index (κ3) is 2.96. The standard InChI is InChI=1S/C12H15ClN2O3S2/c1-18-8-4-5-15(7-8)20(16,17)9-2-3-10(12(14)19)11(13)6-9/h2-3,6,8H,4-5,7H2,1H3,(H2,14,19). The summed E-state index contributed by atoms with van der Waals surface area (Å²) in [5, 5.41) is 0.237. The number of halogens is 1. The Kier molecular flexibility index (Phi) is 4.66. The summed E-state index contributed by atoms with van der Waals surface area (Å²) in [6.45, 7) is 0.795. The van der Waals surface area contributed by atoms with Crippen LogP contribution in [0.25, 0.3) is 0 Å². The summed E-state index contributed by atoms with van der Waals surface area (Å²) in [5.41, 5.74) is 5.97. The smallest absolute Gasteiger partial charge is 0.243 e. The summed E-state index contributed by atoms with van der Waals surface area (Å²) >= 11 is 10.9. The molecule has 1 fully saturated rings. The Balaban J connectivity index is 2.31. The van der Waals surface area contributed by atoms with Gasteiger partial charge in [0.1, 0.15) is 4.99 Å².